The van der Waals surface area contributed by atoms with Gasteiger partial charge < -0.3 is 10.2 Å². The number of thiazole rings is 1. The van der Waals surface area contributed by atoms with E-state index in [1.54, 1.807) is 23.5 Å². The summed E-state index contributed by atoms with van der Waals surface area (Å²) in [6.45, 7) is 3.63. The van der Waals surface area contributed by atoms with Crippen molar-refractivity contribution in [3.8, 4) is 0 Å². The highest BCUT2D eigenvalue weighted by molar-refractivity contribution is 7.15. The van der Waals surface area contributed by atoms with Crippen LogP contribution in [-0.4, -0.2) is 18.1 Å². The molecule has 0 amide bonds. The lowest BCUT2D eigenvalue weighted by molar-refractivity contribution is 0.625. The summed E-state index contributed by atoms with van der Waals surface area (Å²) in [5, 5.41) is 4.52. The van der Waals surface area contributed by atoms with E-state index in [9.17, 15) is 4.39 Å². The average molecular weight is 305 g/mol. The normalized spacial score (nSPS) is 14.4. The number of nitrogens with zero attached hydrogens (tertiary/aromatic N) is 2. The number of anilines is 1. The molecular weight excluding hydrogens is 285 g/mol. The Morgan fingerprint density at radius 2 is 2.24 bits per heavy atom. The van der Waals surface area contributed by atoms with Crippen molar-refractivity contribution in [2.75, 3.05) is 11.9 Å². The summed E-state index contributed by atoms with van der Waals surface area (Å²) in [5.74, 6) is -0.189. The Morgan fingerprint density at radius 1 is 1.43 bits per heavy atom. The molecule has 21 heavy (non-hydrogen) atoms. The maximum absolute atomic E-state index is 13.2. The Kier molecular flexibility index (Phi) is 4.22. The summed E-state index contributed by atoms with van der Waals surface area (Å²) in [6.07, 6.45) is 2.59. The van der Waals surface area contributed by atoms with E-state index in [0.717, 1.165) is 22.9 Å². The molecular formula is C16H20FN3S. The lowest BCUT2D eigenvalue weighted by Gasteiger charge is -2.15. The van der Waals surface area contributed by atoms with Crippen LogP contribution < -0.4 is 10.2 Å². The van der Waals surface area contributed by atoms with Crippen molar-refractivity contribution in [2.24, 2.45) is 0 Å². The minimum Gasteiger partial charge on any atom is -0.347 e. The zero-order valence-corrected chi connectivity index (χ0v) is 13.2. The number of hydrogen-bond acceptors (Lipinski definition) is 4. The fourth-order valence-corrected chi connectivity index (χ4v) is 3.21. The summed E-state index contributed by atoms with van der Waals surface area (Å²) in [7, 11) is 2.00. The van der Waals surface area contributed by atoms with E-state index in [1.165, 1.54) is 23.8 Å². The molecule has 0 atom stereocenters. The Bertz CT molecular complexity index is 622. The highest BCUT2D eigenvalue weighted by Crippen LogP contribution is 2.27. The van der Waals surface area contributed by atoms with E-state index < -0.39 is 0 Å². The van der Waals surface area contributed by atoms with Crippen molar-refractivity contribution in [1.29, 1.82) is 0 Å². The van der Waals surface area contributed by atoms with Gasteiger partial charge in [0.1, 0.15) is 5.82 Å². The van der Waals surface area contributed by atoms with Gasteiger partial charge in [0.05, 0.1) is 5.69 Å². The predicted molar refractivity (Wildman–Crippen MR) is 85.2 cm³/mol. The number of halogens is 1. The van der Waals surface area contributed by atoms with Crippen LogP contribution in [0, 0.1) is 12.7 Å². The first-order valence-electron chi connectivity index (χ1n) is 7.27. The summed E-state index contributed by atoms with van der Waals surface area (Å²) in [6, 6.07) is 7.44. The van der Waals surface area contributed by atoms with Crippen molar-refractivity contribution in [3.63, 3.8) is 0 Å². The van der Waals surface area contributed by atoms with Gasteiger partial charge in [-0.3, -0.25) is 0 Å². The first-order valence-corrected chi connectivity index (χ1v) is 8.09. The van der Waals surface area contributed by atoms with Gasteiger partial charge >= 0.3 is 0 Å². The van der Waals surface area contributed by atoms with Crippen molar-refractivity contribution >= 4 is 16.5 Å². The molecule has 5 heteroatoms. The first kappa shape index (κ1) is 14.5. The second kappa shape index (κ2) is 6.12. The summed E-state index contributed by atoms with van der Waals surface area (Å²) < 4.78 is 13.2. The van der Waals surface area contributed by atoms with Gasteiger partial charge in [-0.05, 0) is 37.5 Å². The fraction of sp³-hybridized carbons (Fsp3) is 0.438. The largest absolute Gasteiger partial charge is 0.347 e. The zero-order chi connectivity index (χ0) is 14.8. The van der Waals surface area contributed by atoms with Crippen LogP contribution in [0.5, 0.6) is 0 Å². The van der Waals surface area contributed by atoms with E-state index in [1.807, 2.05) is 13.1 Å². The molecule has 1 saturated carbocycles. The lowest BCUT2D eigenvalue weighted by atomic mass is 10.2. The van der Waals surface area contributed by atoms with Crippen LogP contribution in [0.4, 0.5) is 9.52 Å². The molecule has 0 spiro atoms. The number of nitrogens with one attached hydrogen (secondary N) is 1. The first-order chi connectivity index (χ1) is 10.1. The van der Waals surface area contributed by atoms with E-state index in [4.69, 9.17) is 0 Å². The maximum Gasteiger partial charge on any atom is 0.185 e. The Hall–Kier alpha value is -1.46. The Morgan fingerprint density at radius 3 is 2.95 bits per heavy atom. The molecule has 1 fully saturated rings. The molecule has 1 aromatic carbocycles. The molecule has 1 N–H and O–H groups in total. The molecule has 0 unspecified atom stereocenters. The second-order valence-corrected chi connectivity index (χ2v) is 6.71. The van der Waals surface area contributed by atoms with Gasteiger partial charge in [-0.15, -0.1) is 11.3 Å². The van der Waals surface area contributed by atoms with Gasteiger partial charge in [0.15, 0.2) is 5.13 Å². The topological polar surface area (TPSA) is 28.2 Å². The van der Waals surface area contributed by atoms with Crippen LogP contribution in [0.3, 0.4) is 0 Å². The van der Waals surface area contributed by atoms with E-state index >= 15 is 0 Å². The van der Waals surface area contributed by atoms with Crippen molar-refractivity contribution in [2.45, 2.75) is 38.9 Å². The number of rotatable bonds is 6. The van der Waals surface area contributed by atoms with Gasteiger partial charge in [0, 0.05) is 31.1 Å². The van der Waals surface area contributed by atoms with Crippen LogP contribution in [0.25, 0.3) is 0 Å². The standard InChI is InChI=1S/C16H20FN3S/c1-11-15(9-18-14-6-7-14)21-16(19-11)20(2)10-12-4-3-5-13(17)8-12/h3-5,8,14,18H,6-7,9-10H2,1-2H3. The van der Waals surface area contributed by atoms with Crippen molar-refractivity contribution in [1.82, 2.24) is 10.3 Å². The lowest BCUT2D eigenvalue weighted by Crippen LogP contribution is -2.16. The van der Waals surface area contributed by atoms with Crippen LogP contribution in [0.15, 0.2) is 24.3 Å². The minimum atomic E-state index is -0.189. The predicted octanol–water partition coefficient (Wildman–Crippen LogP) is 3.48. The van der Waals surface area contributed by atoms with Gasteiger partial charge in [0.2, 0.25) is 0 Å². The molecule has 1 aliphatic rings. The molecule has 0 aliphatic heterocycles. The Labute approximate surface area is 128 Å². The highest BCUT2D eigenvalue weighted by Gasteiger charge is 2.21. The molecule has 3 nitrogen and oxygen atoms in total. The molecule has 1 aliphatic carbocycles. The van der Waals surface area contributed by atoms with Gasteiger partial charge in [0.25, 0.3) is 0 Å². The molecule has 0 saturated heterocycles. The summed E-state index contributed by atoms with van der Waals surface area (Å²) >= 11 is 1.72. The SMILES string of the molecule is Cc1nc(N(C)Cc2cccc(F)c2)sc1CNC1CC1. The number of benzene rings is 1. The smallest absolute Gasteiger partial charge is 0.185 e. The highest BCUT2D eigenvalue weighted by atomic mass is 32.1. The second-order valence-electron chi connectivity index (χ2n) is 5.65. The molecule has 112 valence electrons. The fourth-order valence-electron chi connectivity index (χ4n) is 2.24. The van der Waals surface area contributed by atoms with Crippen LogP contribution in [-0.2, 0) is 13.1 Å². The molecule has 0 radical (unpaired) electrons. The number of aryl methyl sites for hydroxylation is 1. The van der Waals surface area contributed by atoms with Gasteiger partial charge in [-0.25, -0.2) is 9.37 Å². The van der Waals surface area contributed by atoms with Crippen molar-refractivity contribution < 1.29 is 4.39 Å². The molecule has 1 heterocycles. The Balaban J connectivity index is 1.66. The van der Waals surface area contributed by atoms with E-state index in [-0.39, 0.29) is 5.82 Å². The van der Waals surface area contributed by atoms with Gasteiger partial charge in [-0.1, -0.05) is 12.1 Å². The molecule has 3 rings (SSSR count). The number of aromatic nitrogens is 1. The van der Waals surface area contributed by atoms with Gasteiger partial charge in [-0.2, -0.15) is 0 Å². The van der Waals surface area contributed by atoms with Crippen LogP contribution in [0.2, 0.25) is 0 Å². The quantitative estimate of drug-likeness (QED) is 0.885. The third kappa shape index (κ3) is 3.80. The van der Waals surface area contributed by atoms with Crippen LogP contribution in [0.1, 0.15) is 29.0 Å². The van der Waals surface area contributed by atoms with E-state index in [0.29, 0.717) is 12.6 Å². The third-order valence-corrected chi connectivity index (χ3v) is 4.92. The van der Waals surface area contributed by atoms with E-state index in [2.05, 4.69) is 22.1 Å². The maximum atomic E-state index is 13.2. The molecule has 1 aromatic heterocycles. The minimum absolute atomic E-state index is 0.189. The monoisotopic (exact) mass is 305 g/mol. The van der Waals surface area contributed by atoms with Crippen LogP contribution >= 0.6 is 11.3 Å². The molecule has 2 aromatic rings. The number of hydrogen-bond donors (Lipinski definition) is 1. The third-order valence-electron chi connectivity index (χ3n) is 3.65. The summed E-state index contributed by atoms with van der Waals surface area (Å²) in [5.41, 5.74) is 2.05. The zero-order valence-electron chi connectivity index (χ0n) is 12.4. The van der Waals surface area contributed by atoms with Crippen molar-refractivity contribution in [3.05, 3.63) is 46.2 Å². The average Bonchev–Trinajstić information content (AvgIpc) is 3.19. The molecule has 0 bridgehead atoms. The summed E-state index contributed by atoms with van der Waals surface area (Å²) in [4.78, 5) is 8.01.